The Morgan fingerprint density at radius 1 is 1.30 bits per heavy atom. The van der Waals surface area contributed by atoms with Gasteiger partial charge in [0.05, 0.1) is 15.6 Å². The molecular formula is C18H14FN3O4S. The van der Waals surface area contributed by atoms with E-state index in [4.69, 9.17) is 4.74 Å². The zero-order valence-corrected chi connectivity index (χ0v) is 15.0. The van der Waals surface area contributed by atoms with Gasteiger partial charge >= 0.3 is 5.69 Å². The van der Waals surface area contributed by atoms with Gasteiger partial charge in [0.2, 0.25) is 5.82 Å². The van der Waals surface area contributed by atoms with Crippen LogP contribution in [-0.4, -0.2) is 22.4 Å². The van der Waals surface area contributed by atoms with Gasteiger partial charge in [-0.2, -0.15) is 4.39 Å². The van der Waals surface area contributed by atoms with Crippen LogP contribution in [0.1, 0.15) is 5.01 Å². The number of nitro groups is 1. The lowest BCUT2D eigenvalue weighted by atomic mass is 10.1. The van der Waals surface area contributed by atoms with Crippen molar-refractivity contribution in [3.8, 4) is 17.0 Å². The van der Waals surface area contributed by atoms with Crippen LogP contribution in [0.3, 0.4) is 0 Å². The summed E-state index contributed by atoms with van der Waals surface area (Å²) in [6.07, 6.45) is 0. The number of carbonyl (C=O) groups is 1. The molecule has 3 rings (SSSR count). The van der Waals surface area contributed by atoms with Crippen LogP contribution in [-0.2, 0) is 4.79 Å². The van der Waals surface area contributed by atoms with Crippen LogP contribution in [0.2, 0.25) is 0 Å². The minimum absolute atomic E-state index is 0.0301. The number of amides is 1. The van der Waals surface area contributed by atoms with Crippen molar-refractivity contribution in [1.82, 2.24) is 4.98 Å². The number of carbonyl (C=O) groups excluding carboxylic acids is 1. The third-order valence-corrected chi connectivity index (χ3v) is 4.34. The molecule has 0 bridgehead atoms. The smallest absolute Gasteiger partial charge is 0.305 e. The number of hydrogen-bond acceptors (Lipinski definition) is 6. The third kappa shape index (κ3) is 4.64. The van der Waals surface area contributed by atoms with Gasteiger partial charge < -0.3 is 10.1 Å². The van der Waals surface area contributed by atoms with Crippen LogP contribution in [0.5, 0.6) is 5.75 Å². The largest absolute Gasteiger partial charge is 0.484 e. The fraction of sp³-hybridized carbons (Fsp3) is 0.111. The quantitative estimate of drug-likeness (QED) is 0.506. The van der Waals surface area contributed by atoms with E-state index in [0.717, 1.165) is 28.4 Å². The first-order valence-corrected chi connectivity index (χ1v) is 8.69. The van der Waals surface area contributed by atoms with E-state index in [-0.39, 0.29) is 12.4 Å². The van der Waals surface area contributed by atoms with Crippen molar-refractivity contribution in [2.75, 3.05) is 11.9 Å². The molecule has 0 radical (unpaired) electrons. The van der Waals surface area contributed by atoms with E-state index >= 15 is 0 Å². The molecule has 0 saturated carbocycles. The molecule has 3 aromatic rings. The van der Waals surface area contributed by atoms with Crippen molar-refractivity contribution in [2.45, 2.75) is 6.92 Å². The van der Waals surface area contributed by atoms with E-state index in [9.17, 15) is 19.3 Å². The average Bonchev–Trinajstić information content (AvgIpc) is 3.07. The minimum Gasteiger partial charge on any atom is -0.484 e. The molecule has 0 unspecified atom stereocenters. The second-order valence-corrected chi connectivity index (χ2v) is 6.60. The molecule has 1 aromatic heterocycles. The average molecular weight is 387 g/mol. The monoisotopic (exact) mass is 387 g/mol. The Kier molecular flexibility index (Phi) is 5.41. The van der Waals surface area contributed by atoms with E-state index in [1.807, 2.05) is 24.4 Å². The second kappa shape index (κ2) is 7.92. The number of anilines is 1. The number of halogens is 1. The second-order valence-electron chi connectivity index (χ2n) is 5.54. The SMILES string of the molecule is Cc1nc(-c2ccc(NC(=O)COc3ccc([N+](=O)[O-])c(F)c3)cc2)cs1. The number of benzene rings is 2. The van der Waals surface area contributed by atoms with Crippen LogP contribution >= 0.6 is 11.3 Å². The van der Waals surface area contributed by atoms with E-state index < -0.39 is 22.3 Å². The Morgan fingerprint density at radius 2 is 2.04 bits per heavy atom. The van der Waals surface area contributed by atoms with Gasteiger partial charge in [-0.25, -0.2) is 4.98 Å². The number of aryl methyl sites for hydroxylation is 1. The highest BCUT2D eigenvalue weighted by Gasteiger charge is 2.15. The number of nitro benzene ring substituents is 1. The summed E-state index contributed by atoms with van der Waals surface area (Å²) in [5.74, 6) is -1.43. The van der Waals surface area contributed by atoms with Gasteiger partial charge in [0.1, 0.15) is 5.75 Å². The first-order chi connectivity index (χ1) is 12.9. The molecule has 0 atom stereocenters. The molecule has 0 aliphatic carbocycles. The van der Waals surface area contributed by atoms with Crippen molar-refractivity contribution < 1.29 is 18.8 Å². The number of ether oxygens (including phenoxy) is 1. The zero-order valence-electron chi connectivity index (χ0n) is 14.1. The Balaban J connectivity index is 1.56. The normalized spacial score (nSPS) is 10.4. The van der Waals surface area contributed by atoms with E-state index in [1.54, 1.807) is 23.5 Å². The highest BCUT2D eigenvalue weighted by atomic mass is 32.1. The summed E-state index contributed by atoms with van der Waals surface area (Å²) in [5.41, 5.74) is 1.74. The molecule has 0 saturated heterocycles. The van der Waals surface area contributed by atoms with Gasteiger partial charge in [-0.05, 0) is 25.1 Å². The Labute approximate surface area is 157 Å². The maximum atomic E-state index is 13.5. The highest BCUT2D eigenvalue weighted by molar-refractivity contribution is 7.09. The summed E-state index contributed by atoms with van der Waals surface area (Å²) in [4.78, 5) is 26.1. The molecule has 2 aromatic carbocycles. The standard InChI is InChI=1S/C18H14FN3O4S/c1-11-20-16(10-27-11)12-2-4-13(5-3-12)21-18(23)9-26-14-6-7-17(22(24)25)15(19)8-14/h2-8,10H,9H2,1H3,(H,21,23). The van der Waals surface area contributed by atoms with Crippen LogP contribution < -0.4 is 10.1 Å². The highest BCUT2D eigenvalue weighted by Crippen LogP contribution is 2.24. The fourth-order valence-electron chi connectivity index (χ4n) is 2.29. The van der Waals surface area contributed by atoms with E-state index in [1.165, 1.54) is 6.07 Å². The summed E-state index contributed by atoms with van der Waals surface area (Å²) in [5, 5.41) is 16.2. The first kappa shape index (κ1) is 18.5. The Hall–Kier alpha value is -3.33. The lowest BCUT2D eigenvalue weighted by molar-refractivity contribution is -0.387. The molecule has 9 heteroatoms. The molecule has 1 heterocycles. The first-order valence-electron chi connectivity index (χ1n) is 7.81. The van der Waals surface area contributed by atoms with Gasteiger partial charge in [0.25, 0.3) is 5.91 Å². The summed E-state index contributed by atoms with van der Waals surface area (Å²) in [7, 11) is 0. The molecule has 1 amide bonds. The third-order valence-electron chi connectivity index (χ3n) is 3.57. The maximum Gasteiger partial charge on any atom is 0.305 e. The molecule has 7 nitrogen and oxygen atoms in total. The number of hydrogen-bond donors (Lipinski definition) is 1. The van der Waals surface area contributed by atoms with Crippen molar-refractivity contribution in [3.63, 3.8) is 0 Å². The molecule has 1 N–H and O–H groups in total. The van der Waals surface area contributed by atoms with Crippen LogP contribution in [0, 0.1) is 22.9 Å². The topological polar surface area (TPSA) is 94.4 Å². The maximum absolute atomic E-state index is 13.5. The van der Waals surface area contributed by atoms with Gasteiger partial charge in [-0.15, -0.1) is 11.3 Å². The van der Waals surface area contributed by atoms with Gasteiger partial charge in [0.15, 0.2) is 6.61 Å². The minimum atomic E-state index is -1.02. The summed E-state index contributed by atoms with van der Waals surface area (Å²) in [6.45, 7) is 1.57. The van der Waals surface area contributed by atoms with Crippen LogP contribution in [0.25, 0.3) is 11.3 Å². The lowest BCUT2D eigenvalue weighted by Gasteiger charge is -2.08. The van der Waals surface area contributed by atoms with E-state index in [2.05, 4.69) is 10.3 Å². The molecule has 0 fully saturated rings. The Morgan fingerprint density at radius 3 is 2.63 bits per heavy atom. The molecule has 0 aliphatic heterocycles. The molecule has 27 heavy (non-hydrogen) atoms. The number of thiazole rings is 1. The lowest BCUT2D eigenvalue weighted by Crippen LogP contribution is -2.20. The van der Waals surface area contributed by atoms with Gasteiger partial charge in [-0.3, -0.25) is 14.9 Å². The van der Waals surface area contributed by atoms with Crippen LogP contribution in [0.4, 0.5) is 15.8 Å². The van der Waals surface area contributed by atoms with Crippen molar-refractivity contribution in [2.24, 2.45) is 0 Å². The number of nitrogens with zero attached hydrogens (tertiary/aromatic N) is 2. The van der Waals surface area contributed by atoms with E-state index in [0.29, 0.717) is 5.69 Å². The molecule has 138 valence electrons. The zero-order chi connectivity index (χ0) is 19.4. The fourth-order valence-corrected chi connectivity index (χ4v) is 2.91. The number of nitrogens with one attached hydrogen (secondary N) is 1. The van der Waals surface area contributed by atoms with Gasteiger partial charge in [-0.1, -0.05) is 12.1 Å². The molecule has 0 spiro atoms. The van der Waals surface area contributed by atoms with Crippen molar-refractivity contribution in [3.05, 3.63) is 68.8 Å². The predicted octanol–water partition coefficient (Wildman–Crippen LogP) is 4.18. The van der Waals surface area contributed by atoms with Crippen molar-refractivity contribution >= 4 is 28.6 Å². The number of rotatable bonds is 6. The molecular weight excluding hydrogens is 373 g/mol. The van der Waals surface area contributed by atoms with Crippen molar-refractivity contribution in [1.29, 1.82) is 0 Å². The van der Waals surface area contributed by atoms with Crippen LogP contribution in [0.15, 0.2) is 47.8 Å². The number of aromatic nitrogens is 1. The summed E-state index contributed by atoms with van der Waals surface area (Å²) < 4.78 is 18.7. The predicted molar refractivity (Wildman–Crippen MR) is 99.5 cm³/mol. The molecule has 0 aliphatic rings. The summed E-state index contributed by atoms with van der Waals surface area (Å²) >= 11 is 1.56. The Bertz CT molecular complexity index is 989. The van der Waals surface area contributed by atoms with Gasteiger partial charge in [0, 0.05) is 28.8 Å². The summed E-state index contributed by atoms with van der Waals surface area (Å²) in [6, 6.07) is 10.3.